The van der Waals surface area contributed by atoms with Crippen molar-refractivity contribution < 1.29 is 9.53 Å². The fourth-order valence-corrected chi connectivity index (χ4v) is 2.37. The first-order valence-corrected chi connectivity index (χ1v) is 6.14. The van der Waals surface area contributed by atoms with Crippen molar-refractivity contribution in [3.63, 3.8) is 0 Å². The molecule has 4 heteroatoms. The van der Waals surface area contributed by atoms with E-state index in [1.807, 2.05) is 11.4 Å². The molecule has 1 fully saturated rings. The number of rotatable bonds is 4. The summed E-state index contributed by atoms with van der Waals surface area (Å²) in [6.07, 6.45) is 1.75. The molecule has 1 aromatic rings. The van der Waals surface area contributed by atoms with E-state index in [0.29, 0.717) is 6.61 Å². The predicted octanol–water partition coefficient (Wildman–Crippen LogP) is 1.44. The number of carbonyl (C=O) groups is 1. The van der Waals surface area contributed by atoms with Crippen molar-refractivity contribution in [2.45, 2.75) is 12.8 Å². The molecular formula is C11H15NO2S. The Morgan fingerprint density at radius 3 is 3.27 bits per heavy atom. The number of thiophene rings is 1. The van der Waals surface area contributed by atoms with E-state index in [1.54, 1.807) is 11.3 Å². The Kier molecular flexibility index (Phi) is 3.75. The lowest BCUT2D eigenvalue weighted by molar-refractivity contribution is -0.147. The molecule has 82 valence electrons. The van der Waals surface area contributed by atoms with Crippen LogP contribution in [0.1, 0.15) is 11.3 Å². The summed E-state index contributed by atoms with van der Waals surface area (Å²) in [6, 6.07) is 4.08. The molecule has 2 heterocycles. The number of hydrogen-bond donors (Lipinski definition) is 1. The molecule has 1 N–H and O–H groups in total. The molecule has 0 saturated carbocycles. The Morgan fingerprint density at radius 1 is 1.67 bits per heavy atom. The van der Waals surface area contributed by atoms with Crippen LogP contribution < -0.4 is 5.32 Å². The average molecular weight is 225 g/mol. The average Bonchev–Trinajstić information content (AvgIpc) is 2.90. The smallest absolute Gasteiger partial charge is 0.310 e. The highest BCUT2D eigenvalue weighted by Gasteiger charge is 2.23. The third-order valence-corrected chi connectivity index (χ3v) is 3.50. The summed E-state index contributed by atoms with van der Waals surface area (Å²) >= 11 is 1.70. The van der Waals surface area contributed by atoms with Crippen LogP contribution in [0.3, 0.4) is 0 Å². The first kappa shape index (κ1) is 10.6. The van der Waals surface area contributed by atoms with Gasteiger partial charge in [0.2, 0.25) is 0 Å². The van der Waals surface area contributed by atoms with Crippen LogP contribution in [0.15, 0.2) is 17.5 Å². The predicted molar refractivity (Wildman–Crippen MR) is 60.0 cm³/mol. The van der Waals surface area contributed by atoms with Gasteiger partial charge < -0.3 is 10.1 Å². The second-order valence-corrected chi connectivity index (χ2v) is 4.72. The monoisotopic (exact) mass is 225 g/mol. The van der Waals surface area contributed by atoms with Crippen molar-refractivity contribution >= 4 is 17.3 Å². The molecule has 0 amide bonds. The normalized spacial score (nSPS) is 20.4. The summed E-state index contributed by atoms with van der Waals surface area (Å²) in [4.78, 5) is 12.8. The molecule has 0 spiro atoms. The third-order valence-electron chi connectivity index (χ3n) is 2.57. The Morgan fingerprint density at radius 2 is 2.60 bits per heavy atom. The Balaban J connectivity index is 1.67. The first-order chi connectivity index (χ1) is 7.36. The molecule has 1 aromatic heterocycles. The highest BCUT2D eigenvalue weighted by molar-refractivity contribution is 7.09. The van der Waals surface area contributed by atoms with Gasteiger partial charge in [-0.2, -0.15) is 0 Å². The van der Waals surface area contributed by atoms with Crippen LogP contribution in [0, 0.1) is 5.92 Å². The summed E-state index contributed by atoms with van der Waals surface area (Å²) in [5.74, 6) is 0.0323. The minimum Gasteiger partial charge on any atom is -0.465 e. The lowest BCUT2D eigenvalue weighted by Crippen LogP contribution is -2.21. The highest BCUT2D eigenvalue weighted by Crippen LogP contribution is 2.12. The van der Waals surface area contributed by atoms with Gasteiger partial charge in [-0.05, 0) is 24.4 Å². The van der Waals surface area contributed by atoms with E-state index in [-0.39, 0.29) is 11.9 Å². The molecule has 3 nitrogen and oxygen atoms in total. The van der Waals surface area contributed by atoms with Gasteiger partial charge >= 0.3 is 5.97 Å². The van der Waals surface area contributed by atoms with E-state index in [9.17, 15) is 4.79 Å². The number of hydrogen-bond acceptors (Lipinski definition) is 4. The van der Waals surface area contributed by atoms with Crippen LogP contribution in [-0.2, 0) is 16.0 Å². The molecule has 0 radical (unpaired) electrons. The van der Waals surface area contributed by atoms with E-state index >= 15 is 0 Å². The number of ether oxygens (including phenoxy) is 1. The van der Waals surface area contributed by atoms with Gasteiger partial charge in [0.1, 0.15) is 0 Å². The van der Waals surface area contributed by atoms with Crippen LogP contribution in [0.5, 0.6) is 0 Å². The minimum atomic E-state index is -0.0449. The molecule has 0 aliphatic carbocycles. The number of nitrogens with one attached hydrogen (secondary N) is 1. The lowest BCUT2D eigenvalue weighted by atomic mass is 10.1. The van der Waals surface area contributed by atoms with Crippen LogP contribution in [0.25, 0.3) is 0 Å². The largest absolute Gasteiger partial charge is 0.465 e. The van der Waals surface area contributed by atoms with Crippen molar-refractivity contribution in [3.05, 3.63) is 22.4 Å². The lowest BCUT2D eigenvalue weighted by Gasteiger charge is -2.08. The van der Waals surface area contributed by atoms with Gasteiger partial charge in [0.05, 0.1) is 12.5 Å². The fraction of sp³-hybridized carbons (Fsp3) is 0.545. The van der Waals surface area contributed by atoms with Gasteiger partial charge in [0.15, 0.2) is 0 Å². The molecule has 1 atom stereocenters. The van der Waals surface area contributed by atoms with Crippen LogP contribution >= 0.6 is 11.3 Å². The summed E-state index contributed by atoms with van der Waals surface area (Å²) in [5, 5.41) is 5.20. The maximum atomic E-state index is 11.5. The van der Waals surface area contributed by atoms with Crippen molar-refractivity contribution in [3.8, 4) is 0 Å². The molecule has 1 unspecified atom stereocenters. The van der Waals surface area contributed by atoms with E-state index in [0.717, 1.165) is 25.9 Å². The Hall–Kier alpha value is -0.870. The van der Waals surface area contributed by atoms with Crippen LogP contribution in [-0.4, -0.2) is 25.7 Å². The third kappa shape index (κ3) is 3.04. The highest BCUT2D eigenvalue weighted by atomic mass is 32.1. The Labute approximate surface area is 93.4 Å². The zero-order chi connectivity index (χ0) is 10.5. The van der Waals surface area contributed by atoms with Crippen molar-refractivity contribution in [2.75, 3.05) is 19.7 Å². The van der Waals surface area contributed by atoms with Gasteiger partial charge in [-0.15, -0.1) is 11.3 Å². The van der Waals surface area contributed by atoms with Crippen molar-refractivity contribution in [1.29, 1.82) is 0 Å². The van der Waals surface area contributed by atoms with Gasteiger partial charge in [-0.1, -0.05) is 6.07 Å². The van der Waals surface area contributed by atoms with Gasteiger partial charge in [0.25, 0.3) is 0 Å². The van der Waals surface area contributed by atoms with Crippen LogP contribution in [0.4, 0.5) is 0 Å². The van der Waals surface area contributed by atoms with Gasteiger partial charge in [-0.25, -0.2) is 0 Å². The molecule has 0 bridgehead atoms. The first-order valence-electron chi connectivity index (χ1n) is 5.26. The molecule has 1 saturated heterocycles. The molecule has 2 rings (SSSR count). The zero-order valence-electron chi connectivity index (χ0n) is 8.57. The van der Waals surface area contributed by atoms with E-state index in [2.05, 4.69) is 11.4 Å². The summed E-state index contributed by atoms with van der Waals surface area (Å²) in [7, 11) is 0. The summed E-state index contributed by atoms with van der Waals surface area (Å²) < 4.78 is 5.23. The maximum absolute atomic E-state index is 11.5. The topological polar surface area (TPSA) is 38.3 Å². The maximum Gasteiger partial charge on any atom is 0.310 e. The van der Waals surface area contributed by atoms with E-state index in [4.69, 9.17) is 4.74 Å². The summed E-state index contributed by atoms with van der Waals surface area (Å²) in [5.41, 5.74) is 0. The van der Waals surface area contributed by atoms with Crippen LogP contribution in [0.2, 0.25) is 0 Å². The van der Waals surface area contributed by atoms with Crippen molar-refractivity contribution in [1.82, 2.24) is 5.32 Å². The Bertz CT molecular complexity index is 304. The molecule has 0 aromatic carbocycles. The quantitative estimate of drug-likeness (QED) is 0.788. The fourth-order valence-electron chi connectivity index (χ4n) is 1.68. The molecule has 1 aliphatic rings. The number of carbonyl (C=O) groups excluding carboxylic acids is 1. The SMILES string of the molecule is O=C(OCCc1cccs1)C1CCNC1. The molecular weight excluding hydrogens is 210 g/mol. The van der Waals surface area contributed by atoms with E-state index < -0.39 is 0 Å². The summed E-state index contributed by atoms with van der Waals surface area (Å²) in [6.45, 7) is 2.22. The molecule has 15 heavy (non-hydrogen) atoms. The van der Waals surface area contributed by atoms with Crippen molar-refractivity contribution in [2.24, 2.45) is 5.92 Å². The second kappa shape index (κ2) is 5.28. The van der Waals surface area contributed by atoms with E-state index in [1.165, 1.54) is 4.88 Å². The minimum absolute atomic E-state index is 0.0449. The second-order valence-electron chi connectivity index (χ2n) is 3.69. The molecule has 1 aliphatic heterocycles. The standard InChI is InChI=1S/C11H15NO2S/c13-11(9-3-5-12-8-9)14-6-4-10-2-1-7-15-10/h1-2,7,9,12H,3-6,8H2. The number of esters is 1. The van der Waals surface area contributed by atoms with Gasteiger partial charge in [-0.3, -0.25) is 4.79 Å². The van der Waals surface area contributed by atoms with Gasteiger partial charge in [0, 0.05) is 17.8 Å². The zero-order valence-corrected chi connectivity index (χ0v) is 9.39.